The Labute approximate surface area is 96.1 Å². The molecule has 0 aliphatic heterocycles. The summed E-state index contributed by atoms with van der Waals surface area (Å²) in [5.41, 5.74) is 9.07. The van der Waals surface area contributed by atoms with E-state index in [-0.39, 0.29) is 5.41 Å². The number of hydrogen-bond acceptors (Lipinski definition) is 1. The fraction of sp³-hybridized carbons (Fsp3) is 0.429. The van der Waals surface area contributed by atoms with Gasteiger partial charge < -0.3 is 10.3 Å². The lowest BCUT2D eigenvalue weighted by Crippen LogP contribution is -2.06. The molecule has 0 unspecified atom stereocenters. The zero-order chi connectivity index (χ0) is 11.5. The number of benzene rings is 1. The molecule has 2 nitrogen and oxygen atoms in total. The Morgan fingerprint density at radius 1 is 1.25 bits per heavy atom. The first-order valence-corrected chi connectivity index (χ1v) is 5.82. The van der Waals surface area contributed by atoms with Gasteiger partial charge in [-0.15, -0.1) is 0 Å². The Balaban J connectivity index is 2.09. The van der Waals surface area contributed by atoms with E-state index in [1.54, 1.807) is 0 Å². The molecular formula is C14H18N2. The Bertz CT molecular complexity index is 551. The summed E-state index contributed by atoms with van der Waals surface area (Å²) < 4.78 is 2.17. The molecule has 1 aromatic carbocycles. The number of aryl methyl sites for hydroxylation is 1. The van der Waals surface area contributed by atoms with E-state index in [2.05, 4.69) is 55.9 Å². The second kappa shape index (κ2) is 2.89. The molecule has 2 aromatic rings. The summed E-state index contributed by atoms with van der Waals surface area (Å²) in [4.78, 5) is 0. The first kappa shape index (κ1) is 9.91. The van der Waals surface area contributed by atoms with Crippen LogP contribution in [0.5, 0.6) is 0 Å². The Kier molecular flexibility index (Phi) is 1.79. The van der Waals surface area contributed by atoms with Crippen LogP contribution in [0.1, 0.15) is 25.3 Å². The molecular weight excluding hydrogens is 196 g/mol. The predicted octanol–water partition coefficient (Wildman–Crippen LogP) is 2.63. The van der Waals surface area contributed by atoms with Crippen LogP contribution in [0, 0.1) is 5.41 Å². The Morgan fingerprint density at radius 2 is 1.94 bits per heavy atom. The topological polar surface area (TPSA) is 30.9 Å². The van der Waals surface area contributed by atoms with Crippen molar-refractivity contribution < 1.29 is 0 Å². The van der Waals surface area contributed by atoms with E-state index in [1.165, 1.54) is 16.5 Å². The van der Waals surface area contributed by atoms with Crippen molar-refractivity contribution >= 4 is 10.9 Å². The molecule has 0 spiro atoms. The third-order valence-electron chi connectivity index (χ3n) is 4.18. The van der Waals surface area contributed by atoms with E-state index in [0.29, 0.717) is 12.0 Å². The average Bonchev–Trinajstić information content (AvgIpc) is 2.58. The quantitative estimate of drug-likeness (QED) is 0.777. The molecule has 1 saturated carbocycles. The van der Waals surface area contributed by atoms with Crippen LogP contribution in [0.4, 0.5) is 0 Å². The van der Waals surface area contributed by atoms with E-state index in [4.69, 9.17) is 5.73 Å². The number of hydrogen-bond donors (Lipinski definition) is 1. The van der Waals surface area contributed by atoms with E-state index in [1.807, 2.05) is 0 Å². The summed E-state index contributed by atoms with van der Waals surface area (Å²) >= 11 is 0. The highest BCUT2D eigenvalue weighted by atomic mass is 14.9. The van der Waals surface area contributed by atoms with Crippen molar-refractivity contribution in [3.8, 4) is 0 Å². The zero-order valence-electron chi connectivity index (χ0n) is 10.1. The summed E-state index contributed by atoms with van der Waals surface area (Å²) in [6, 6.07) is 9.17. The van der Waals surface area contributed by atoms with E-state index < -0.39 is 0 Å². The van der Waals surface area contributed by atoms with Crippen LogP contribution in [0.3, 0.4) is 0 Å². The molecule has 0 radical (unpaired) electrons. The monoisotopic (exact) mass is 214 g/mol. The summed E-state index contributed by atoms with van der Waals surface area (Å²) in [5.74, 6) is 0.520. The summed E-state index contributed by atoms with van der Waals surface area (Å²) in [5, 5.41) is 1.30. The molecule has 0 saturated heterocycles. The molecule has 0 bridgehead atoms. The van der Waals surface area contributed by atoms with Gasteiger partial charge in [0.2, 0.25) is 0 Å². The van der Waals surface area contributed by atoms with Crippen molar-refractivity contribution in [2.75, 3.05) is 0 Å². The fourth-order valence-electron chi connectivity index (χ4n) is 2.79. The predicted molar refractivity (Wildman–Crippen MR) is 67.4 cm³/mol. The molecule has 84 valence electrons. The fourth-order valence-corrected chi connectivity index (χ4v) is 2.79. The van der Waals surface area contributed by atoms with Crippen LogP contribution in [0.25, 0.3) is 10.9 Å². The minimum absolute atomic E-state index is 0.263. The number of nitrogens with two attached hydrogens (primary N) is 1. The third-order valence-corrected chi connectivity index (χ3v) is 4.18. The van der Waals surface area contributed by atoms with E-state index >= 15 is 0 Å². The maximum absolute atomic E-state index is 6.13. The molecule has 0 amide bonds. The van der Waals surface area contributed by atoms with Crippen LogP contribution in [-0.2, 0) is 7.05 Å². The van der Waals surface area contributed by atoms with Crippen molar-refractivity contribution in [3.05, 3.63) is 36.0 Å². The molecule has 2 heteroatoms. The van der Waals surface area contributed by atoms with Crippen molar-refractivity contribution in [3.63, 3.8) is 0 Å². The Morgan fingerprint density at radius 3 is 2.56 bits per heavy atom. The van der Waals surface area contributed by atoms with E-state index in [0.717, 1.165) is 0 Å². The lowest BCUT2D eigenvalue weighted by Gasteiger charge is -2.04. The van der Waals surface area contributed by atoms with Crippen LogP contribution in [0.15, 0.2) is 30.5 Å². The normalized spacial score (nSPS) is 27.2. The third kappa shape index (κ3) is 1.17. The maximum Gasteiger partial charge on any atom is 0.0480 e. The standard InChI is InChI=1S/C14H18N2/c1-14(2)12(13(14)15)10-5-4-9-6-7-16(3)11(9)8-10/h4-8,12-13H,15H2,1-3H3/t12-,13-/m0/s1. The summed E-state index contributed by atoms with van der Waals surface area (Å²) in [6.45, 7) is 4.50. The number of rotatable bonds is 1. The zero-order valence-corrected chi connectivity index (χ0v) is 10.1. The lowest BCUT2D eigenvalue weighted by molar-refractivity contribution is 0.599. The first-order chi connectivity index (χ1) is 7.51. The van der Waals surface area contributed by atoms with Gasteiger partial charge >= 0.3 is 0 Å². The van der Waals surface area contributed by atoms with Crippen LogP contribution < -0.4 is 5.73 Å². The average molecular weight is 214 g/mol. The largest absolute Gasteiger partial charge is 0.351 e. The van der Waals surface area contributed by atoms with Crippen LogP contribution >= 0.6 is 0 Å². The second-order valence-corrected chi connectivity index (χ2v) is 5.57. The molecule has 1 aliphatic carbocycles. The SMILES string of the molecule is Cn1ccc2ccc([C@H]3[C@H](N)C3(C)C)cc21. The van der Waals surface area contributed by atoms with Crippen molar-refractivity contribution in [2.24, 2.45) is 18.2 Å². The number of fused-ring (bicyclic) bond motifs is 1. The van der Waals surface area contributed by atoms with Gasteiger partial charge in [-0.25, -0.2) is 0 Å². The number of nitrogens with zero attached hydrogens (tertiary/aromatic N) is 1. The van der Waals surface area contributed by atoms with Gasteiger partial charge in [0, 0.05) is 30.7 Å². The van der Waals surface area contributed by atoms with Crippen molar-refractivity contribution in [1.29, 1.82) is 0 Å². The van der Waals surface area contributed by atoms with Crippen LogP contribution in [0.2, 0.25) is 0 Å². The summed E-state index contributed by atoms with van der Waals surface area (Å²) in [7, 11) is 2.09. The molecule has 2 N–H and O–H groups in total. The van der Waals surface area contributed by atoms with Gasteiger partial charge in [-0.2, -0.15) is 0 Å². The first-order valence-electron chi connectivity index (χ1n) is 5.82. The number of aromatic nitrogens is 1. The van der Waals surface area contributed by atoms with Gasteiger partial charge in [-0.05, 0) is 28.5 Å². The lowest BCUT2D eigenvalue weighted by atomic mass is 10.0. The molecule has 1 aromatic heterocycles. The van der Waals surface area contributed by atoms with Gasteiger partial charge in [0.05, 0.1) is 0 Å². The molecule has 16 heavy (non-hydrogen) atoms. The van der Waals surface area contributed by atoms with Crippen molar-refractivity contribution in [1.82, 2.24) is 4.57 Å². The molecule has 1 heterocycles. The van der Waals surface area contributed by atoms with Gasteiger partial charge in [-0.1, -0.05) is 26.0 Å². The minimum Gasteiger partial charge on any atom is -0.351 e. The van der Waals surface area contributed by atoms with Gasteiger partial charge in [0.25, 0.3) is 0 Å². The smallest absolute Gasteiger partial charge is 0.0480 e. The summed E-state index contributed by atoms with van der Waals surface area (Å²) in [6.07, 6.45) is 2.10. The highest BCUT2D eigenvalue weighted by Gasteiger charge is 2.56. The molecule has 2 atom stereocenters. The maximum atomic E-state index is 6.13. The van der Waals surface area contributed by atoms with E-state index in [9.17, 15) is 0 Å². The van der Waals surface area contributed by atoms with Crippen LogP contribution in [-0.4, -0.2) is 10.6 Å². The minimum atomic E-state index is 0.263. The van der Waals surface area contributed by atoms with Gasteiger partial charge in [-0.3, -0.25) is 0 Å². The Hall–Kier alpha value is -1.28. The second-order valence-electron chi connectivity index (χ2n) is 5.57. The molecule has 3 rings (SSSR count). The van der Waals surface area contributed by atoms with Gasteiger partial charge in [0.1, 0.15) is 0 Å². The molecule has 1 fully saturated rings. The van der Waals surface area contributed by atoms with Gasteiger partial charge in [0.15, 0.2) is 0 Å². The van der Waals surface area contributed by atoms with Crippen molar-refractivity contribution in [2.45, 2.75) is 25.8 Å². The highest BCUT2D eigenvalue weighted by Crippen LogP contribution is 2.57. The highest BCUT2D eigenvalue weighted by molar-refractivity contribution is 5.81. The molecule has 1 aliphatic rings.